The lowest BCUT2D eigenvalue weighted by atomic mass is 10.1. The van der Waals surface area contributed by atoms with E-state index in [0.29, 0.717) is 17.1 Å². The summed E-state index contributed by atoms with van der Waals surface area (Å²) in [6, 6.07) is 12.4. The summed E-state index contributed by atoms with van der Waals surface area (Å²) in [6.07, 6.45) is 0. The maximum Gasteiger partial charge on any atom is 0.190 e. The molecule has 20 heavy (non-hydrogen) atoms. The summed E-state index contributed by atoms with van der Waals surface area (Å²) in [5.41, 5.74) is 7.76. The Bertz CT molecular complexity index is 752. The van der Waals surface area contributed by atoms with Crippen molar-refractivity contribution in [1.29, 1.82) is 0 Å². The van der Waals surface area contributed by atoms with Crippen LogP contribution in [0.15, 0.2) is 42.5 Å². The van der Waals surface area contributed by atoms with E-state index in [1.54, 1.807) is 13.0 Å². The third-order valence-corrected chi connectivity index (χ3v) is 2.99. The minimum atomic E-state index is -0.369. The van der Waals surface area contributed by atoms with Crippen LogP contribution in [0.5, 0.6) is 0 Å². The maximum absolute atomic E-state index is 14.3. The molecule has 0 aliphatic rings. The number of para-hydroxylation sites is 1. The van der Waals surface area contributed by atoms with E-state index >= 15 is 0 Å². The van der Waals surface area contributed by atoms with E-state index in [4.69, 9.17) is 5.73 Å². The number of aromatic nitrogens is 4. The fraction of sp³-hybridized carbons (Fsp3) is 0.0714. The molecule has 0 bridgehead atoms. The number of rotatable bonds is 2. The van der Waals surface area contributed by atoms with E-state index in [0.717, 1.165) is 5.69 Å². The first-order valence-corrected chi connectivity index (χ1v) is 6.06. The molecule has 1 heterocycles. The van der Waals surface area contributed by atoms with Crippen LogP contribution in [-0.2, 0) is 0 Å². The lowest BCUT2D eigenvalue weighted by Gasteiger charge is -2.08. The number of nitrogens with two attached hydrogens (primary N) is 1. The zero-order valence-corrected chi connectivity index (χ0v) is 10.8. The number of hydrogen-bond donors (Lipinski definition) is 1. The van der Waals surface area contributed by atoms with Gasteiger partial charge in [-0.25, -0.2) is 4.39 Å². The second-order valence-corrected chi connectivity index (χ2v) is 4.45. The van der Waals surface area contributed by atoms with Gasteiger partial charge in [0.1, 0.15) is 5.82 Å². The predicted molar refractivity (Wildman–Crippen MR) is 73.7 cm³/mol. The van der Waals surface area contributed by atoms with Crippen molar-refractivity contribution in [2.24, 2.45) is 0 Å². The van der Waals surface area contributed by atoms with E-state index in [1.807, 2.05) is 30.3 Å². The van der Waals surface area contributed by atoms with Gasteiger partial charge in [0.05, 0.1) is 11.3 Å². The minimum Gasteiger partial charge on any atom is -0.399 e. The van der Waals surface area contributed by atoms with Crippen LogP contribution < -0.4 is 5.73 Å². The second-order valence-electron chi connectivity index (χ2n) is 4.45. The SMILES string of the molecule is Cc1cc(N)cc(-c2nnnn2-c2ccccc2)c1F. The maximum atomic E-state index is 14.3. The topological polar surface area (TPSA) is 69.6 Å². The van der Waals surface area contributed by atoms with E-state index in [2.05, 4.69) is 15.5 Å². The average molecular weight is 269 g/mol. The fourth-order valence-electron chi connectivity index (χ4n) is 2.06. The number of anilines is 1. The molecule has 0 radical (unpaired) electrons. The van der Waals surface area contributed by atoms with Crippen LogP contribution in [0.25, 0.3) is 17.1 Å². The molecule has 0 saturated carbocycles. The molecule has 0 unspecified atom stereocenters. The number of halogens is 1. The van der Waals surface area contributed by atoms with Crippen molar-refractivity contribution in [3.05, 3.63) is 53.8 Å². The normalized spacial score (nSPS) is 10.7. The molecule has 2 N–H and O–H groups in total. The molecule has 3 rings (SSSR count). The van der Waals surface area contributed by atoms with Crippen molar-refractivity contribution in [2.75, 3.05) is 5.73 Å². The molecule has 0 amide bonds. The van der Waals surface area contributed by atoms with Gasteiger partial charge in [0.2, 0.25) is 0 Å². The Hall–Kier alpha value is -2.76. The van der Waals surface area contributed by atoms with Gasteiger partial charge in [-0.15, -0.1) is 5.10 Å². The van der Waals surface area contributed by atoms with Crippen molar-refractivity contribution < 1.29 is 4.39 Å². The Labute approximate surface area is 114 Å². The highest BCUT2D eigenvalue weighted by Crippen LogP contribution is 2.26. The van der Waals surface area contributed by atoms with Gasteiger partial charge in [-0.3, -0.25) is 0 Å². The van der Waals surface area contributed by atoms with Gasteiger partial charge in [-0.05, 0) is 47.2 Å². The van der Waals surface area contributed by atoms with E-state index in [1.165, 1.54) is 10.7 Å². The summed E-state index contributed by atoms with van der Waals surface area (Å²) in [6.45, 7) is 1.66. The van der Waals surface area contributed by atoms with E-state index in [9.17, 15) is 4.39 Å². The van der Waals surface area contributed by atoms with Gasteiger partial charge in [-0.2, -0.15) is 4.68 Å². The van der Waals surface area contributed by atoms with Crippen molar-refractivity contribution in [3.63, 3.8) is 0 Å². The quantitative estimate of drug-likeness (QED) is 0.725. The molecule has 3 aromatic rings. The highest BCUT2D eigenvalue weighted by atomic mass is 19.1. The number of nitrogens with zero attached hydrogens (tertiary/aromatic N) is 4. The van der Waals surface area contributed by atoms with E-state index < -0.39 is 0 Å². The van der Waals surface area contributed by atoms with Gasteiger partial charge >= 0.3 is 0 Å². The Morgan fingerprint density at radius 3 is 2.65 bits per heavy atom. The molecular formula is C14H12FN5. The van der Waals surface area contributed by atoms with Gasteiger partial charge in [0.15, 0.2) is 5.82 Å². The molecule has 0 fully saturated rings. The van der Waals surface area contributed by atoms with Crippen LogP contribution in [0.4, 0.5) is 10.1 Å². The highest BCUT2D eigenvalue weighted by molar-refractivity contribution is 5.65. The lowest BCUT2D eigenvalue weighted by molar-refractivity contribution is 0.620. The van der Waals surface area contributed by atoms with E-state index in [-0.39, 0.29) is 11.4 Å². The molecule has 0 atom stereocenters. The zero-order chi connectivity index (χ0) is 14.1. The van der Waals surface area contributed by atoms with Crippen molar-refractivity contribution >= 4 is 5.69 Å². The third kappa shape index (κ3) is 2.01. The highest BCUT2D eigenvalue weighted by Gasteiger charge is 2.16. The Morgan fingerprint density at radius 2 is 1.90 bits per heavy atom. The smallest absolute Gasteiger partial charge is 0.190 e. The Morgan fingerprint density at radius 1 is 1.15 bits per heavy atom. The van der Waals surface area contributed by atoms with Gasteiger partial charge in [0, 0.05) is 5.69 Å². The molecule has 0 spiro atoms. The average Bonchev–Trinajstić information content (AvgIpc) is 2.93. The summed E-state index contributed by atoms with van der Waals surface area (Å²) in [5, 5.41) is 11.5. The van der Waals surface area contributed by atoms with Crippen molar-refractivity contribution in [3.8, 4) is 17.1 Å². The molecule has 1 aromatic heterocycles. The van der Waals surface area contributed by atoms with Gasteiger partial charge in [-0.1, -0.05) is 18.2 Å². The first-order valence-electron chi connectivity index (χ1n) is 6.06. The van der Waals surface area contributed by atoms with Gasteiger partial charge in [0.25, 0.3) is 0 Å². The molecule has 6 heteroatoms. The number of tetrazole rings is 1. The molecule has 2 aromatic carbocycles. The first kappa shape index (κ1) is 12.3. The number of hydrogen-bond acceptors (Lipinski definition) is 4. The number of benzene rings is 2. The number of aryl methyl sites for hydroxylation is 1. The largest absolute Gasteiger partial charge is 0.399 e. The molecule has 0 aliphatic carbocycles. The minimum absolute atomic E-state index is 0.288. The Kier molecular flexibility index (Phi) is 2.90. The van der Waals surface area contributed by atoms with Crippen LogP contribution in [0.2, 0.25) is 0 Å². The molecule has 0 aliphatic heterocycles. The fourth-order valence-corrected chi connectivity index (χ4v) is 2.06. The standard InChI is InChI=1S/C14H12FN5/c1-9-7-10(16)8-12(13(9)15)14-17-18-19-20(14)11-5-3-2-4-6-11/h2-8H,16H2,1H3. The van der Waals surface area contributed by atoms with Crippen LogP contribution >= 0.6 is 0 Å². The summed E-state index contributed by atoms with van der Waals surface area (Å²) >= 11 is 0. The molecular weight excluding hydrogens is 257 g/mol. The Balaban J connectivity index is 2.21. The summed E-state index contributed by atoms with van der Waals surface area (Å²) in [4.78, 5) is 0. The van der Waals surface area contributed by atoms with Gasteiger partial charge < -0.3 is 5.73 Å². The number of nitrogen functional groups attached to an aromatic ring is 1. The zero-order valence-electron chi connectivity index (χ0n) is 10.8. The second kappa shape index (κ2) is 4.73. The third-order valence-electron chi connectivity index (χ3n) is 2.99. The molecule has 0 saturated heterocycles. The summed E-state index contributed by atoms with van der Waals surface area (Å²) in [7, 11) is 0. The monoisotopic (exact) mass is 269 g/mol. The molecule has 100 valence electrons. The van der Waals surface area contributed by atoms with Crippen LogP contribution in [0.3, 0.4) is 0 Å². The van der Waals surface area contributed by atoms with Crippen LogP contribution in [0.1, 0.15) is 5.56 Å². The first-order chi connectivity index (χ1) is 9.66. The van der Waals surface area contributed by atoms with Crippen LogP contribution in [0, 0.1) is 12.7 Å². The van der Waals surface area contributed by atoms with Crippen molar-refractivity contribution in [1.82, 2.24) is 20.2 Å². The lowest BCUT2D eigenvalue weighted by Crippen LogP contribution is -2.02. The summed E-state index contributed by atoms with van der Waals surface area (Å²) < 4.78 is 15.8. The predicted octanol–water partition coefficient (Wildman–Crippen LogP) is 2.36. The summed E-state index contributed by atoms with van der Waals surface area (Å²) in [5.74, 6) is -0.0460. The molecule has 5 nitrogen and oxygen atoms in total. The van der Waals surface area contributed by atoms with Crippen LogP contribution in [-0.4, -0.2) is 20.2 Å². The van der Waals surface area contributed by atoms with Crippen molar-refractivity contribution in [2.45, 2.75) is 6.92 Å².